The molecule has 0 bridgehead atoms. The van der Waals surface area contributed by atoms with Gasteiger partial charge in [0.05, 0.1) is 38.5 Å². The summed E-state index contributed by atoms with van der Waals surface area (Å²) < 4.78 is 10.9. The molecule has 1 aliphatic carbocycles. The van der Waals surface area contributed by atoms with Crippen LogP contribution in [-0.4, -0.2) is 73.2 Å². The molecule has 4 atom stereocenters. The lowest BCUT2D eigenvalue weighted by atomic mass is 9.79. The quantitative estimate of drug-likeness (QED) is 0.761. The highest BCUT2D eigenvalue weighted by Gasteiger charge is 2.38. The summed E-state index contributed by atoms with van der Waals surface area (Å²) in [5, 5.41) is 0. The molecule has 2 heterocycles. The number of morpholine rings is 2. The summed E-state index contributed by atoms with van der Waals surface area (Å²) >= 11 is 0. The van der Waals surface area contributed by atoms with E-state index in [9.17, 15) is 9.59 Å². The van der Waals surface area contributed by atoms with Crippen LogP contribution in [0.4, 0.5) is 0 Å². The maximum Gasteiger partial charge on any atom is 0.226 e. The smallest absolute Gasteiger partial charge is 0.226 e. The summed E-state index contributed by atoms with van der Waals surface area (Å²) in [7, 11) is 0. The van der Waals surface area contributed by atoms with E-state index in [1.54, 1.807) is 0 Å². The van der Waals surface area contributed by atoms with E-state index >= 15 is 0 Å². The summed E-state index contributed by atoms with van der Waals surface area (Å²) in [6, 6.07) is 0.281. The lowest BCUT2D eigenvalue weighted by molar-refractivity contribution is -0.149. The number of hydrogen-bond donors (Lipinski definition) is 0. The van der Waals surface area contributed by atoms with E-state index in [1.807, 2.05) is 23.6 Å². The van der Waals surface area contributed by atoms with Gasteiger partial charge in [0.1, 0.15) is 0 Å². The van der Waals surface area contributed by atoms with Crippen molar-refractivity contribution in [3.63, 3.8) is 0 Å². The molecule has 3 rings (SSSR count). The second-order valence-corrected chi connectivity index (χ2v) is 7.47. The predicted molar refractivity (Wildman–Crippen MR) is 89.4 cm³/mol. The third-order valence-corrected chi connectivity index (χ3v) is 5.67. The van der Waals surface area contributed by atoms with E-state index in [-0.39, 0.29) is 35.7 Å². The van der Waals surface area contributed by atoms with Crippen LogP contribution < -0.4 is 0 Å². The zero-order valence-electron chi connectivity index (χ0n) is 14.9. The summed E-state index contributed by atoms with van der Waals surface area (Å²) in [4.78, 5) is 29.7. The first-order valence-electron chi connectivity index (χ1n) is 9.34. The fourth-order valence-corrected chi connectivity index (χ4v) is 4.22. The van der Waals surface area contributed by atoms with Crippen molar-refractivity contribution in [3.8, 4) is 0 Å². The van der Waals surface area contributed by atoms with Crippen molar-refractivity contribution in [3.05, 3.63) is 0 Å². The van der Waals surface area contributed by atoms with Crippen LogP contribution in [0.3, 0.4) is 0 Å². The van der Waals surface area contributed by atoms with Crippen molar-refractivity contribution in [1.82, 2.24) is 9.80 Å². The number of nitrogens with zero attached hydrogens (tertiary/aromatic N) is 2. The van der Waals surface area contributed by atoms with Crippen molar-refractivity contribution >= 4 is 11.8 Å². The van der Waals surface area contributed by atoms with Gasteiger partial charge in [0.15, 0.2) is 0 Å². The Bertz CT molecular complexity index is 430. The topological polar surface area (TPSA) is 59.1 Å². The summed E-state index contributed by atoms with van der Waals surface area (Å²) in [6.45, 7) is 7.91. The average molecular weight is 338 g/mol. The van der Waals surface area contributed by atoms with Gasteiger partial charge in [0, 0.05) is 24.9 Å². The molecule has 0 aromatic carbocycles. The van der Waals surface area contributed by atoms with Crippen molar-refractivity contribution in [1.29, 1.82) is 0 Å². The van der Waals surface area contributed by atoms with E-state index in [1.165, 1.54) is 0 Å². The first-order valence-corrected chi connectivity index (χ1v) is 9.34. The molecule has 1 saturated carbocycles. The first-order chi connectivity index (χ1) is 11.6. The molecular formula is C18H30N2O4. The maximum absolute atomic E-state index is 12.9. The van der Waals surface area contributed by atoms with Crippen LogP contribution in [-0.2, 0) is 19.1 Å². The number of ether oxygens (including phenoxy) is 2. The third-order valence-electron chi connectivity index (χ3n) is 5.67. The molecule has 2 aliphatic heterocycles. The van der Waals surface area contributed by atoms with Gasteiger partial charge in [-0.05, 0) is 33.1 Å². The van der Waals surface area contributed by atoms with Crippen LogP contribution in [0.1, 0.15) is 39.5 Å². The number of carbonyl (C=O) groups is 2. The lowest BCUT2D eigenvalue weighted by Crippen LogP contribution is -2.52. The molecule has 0 aromatic heterocycles. The zero-order chi connectivity index (χ0) is 17.1. The van der Waals surface area contributed by atoms with E-state index in [0.717, 1.165) is 19.3 Å². The lowest BCUT2D eigenvalue weighted by Gasteiger charge is -2.40. The van der Waals surface area contributed by atoms with Gasteiger partial charge < -0.3 is 19.3 Å². The van der Waals surface area contributed by atoms with Gasteiger partial charge in [-0.3, -0.25) is 9.59 Å². The Labute approximate surface area is 144 Å². The van der Waals surface area contributed by atoms with Crippen LogP contribution >= 0.6 is 0 Å². The summed E-state index contributed by atoms with van der Waals surface area (Å²) in [6.07, 6.45) is 3.48. The largest absolute Gasteiger partial charge is 0.377 e. The van der Waals surface area contributed by atoms with Gasteiger partial charge in [-0.25, -0.2) is 0 Å². The van der Waals surface area contributed by atoms with Gasteiger partial charge in [0.2, 0.25) is 11.8 Å². The van der Waals surface area contributed by atoms with Crippen LogP contribution in [0.15, 0.2) is 0 Å². The highest BCUT2D eigenvalue weighted by molar-refractivity contribution is 5.83. The minimum Gasteiger partial charge on any atom is -0.377 e. The molecule has 24 heavy (non-hydrogen) atoms. The molecule has 136 valence electrons. The average Bonchev–Trinajstić information content (AvgIpc) is 2.61. The molecule has 0 aromatic rings. The van der Waals surface area contributed by atoms with E-state index in [4.69, 9.17) is 9.47 Å². The SMILES string of the molecule is C[C@@H]1COCCN1C(=O)[C@@H]1CCC[C@H](C(=O)N2CCOC[C@@H]2C)C1. The molecule has 0 radical (unpaired) electrons. The minimum atomic E-state index is -0.00963. The number of amides is 2. The van der Waals surface area contributed by atoms with E-state index in [2.05, 4.69) is 0 Å². The predicted octanol–water partition coefficient (Wildman–Crippen LogP) is 1.29. The Morgan fingerprint density at radius 3 is 1.71 bits per heavy atom. The summed E-state index contributed by atoms with van der Waals surface area (Å²) in [5.74, 6) is 0.422. The second-order valence-electron chi connectivity index (χ2n) is 7.47. The number of hydrogen-bond acceptors (Lipinski definition) is 4. The maximum atomic E-state index is 12.9. The normalized spacial score (nSPS) is 34.9. The molecule has 3 fully saturated rings. The molecule has 2 amide bonds. The number of rotatable bonds is 2. The van der Waals surface area contributed by atoms with Gasteiger partial charge in [-0.1, -0.05) is 6.42 Å². The fourth-order valence-electron chi connectivity index (χ4n) is 4.22. The highest BCUT2D eigenvalue weighted by atomic mass is 16.5. The van der Waals surface area contributed by atoms with Crippen LogP contribution in [0.5, 0.6) is 0 Å². The standard InChI is InChI=1S/C18H30N2O4/c1-13-11-23-8-6-19(13)17(21)15-4-3-5-16(10-15)18(22)20-7-9-24-12-14(20)2/h13-16H,3-12H2,1-2H3/t13-,14+,15-,16+. The fraction of sp³-hybridized carbons (Fsp3) is 0.889. The molecule has 2 saturated heterocycles. The summed E-state index contributed by atoms with van der Waals surface area (Å²) in [5.41, 5.74) is 0. The Balaban J connectivity index is 1.61. The third kappa shape index (κ3) is 3.75. The number of carbonyl (C=O) groups excluding carboxylic acids is 2. The Morgan fingerprint density at radius 1 is 0.833 bits per heavy atom. The zero-order valence-corrected chi connectivity index (χ0v) is 14.9. The minimum absolute atomic E-state index is 0.00963. The highest BCUT2D eigenvalue weighted by Crippen LogP contribution is 2.33. The van der Waals surface area contributed by atoms with Crippen molar-refractivity contribution < 1.29 is 19.1 Å². The van der Waals surface area contributed by atoms with Gasteiger partial charge in [-0.2, -0.15) is 0 Å². The molecule has 0 unspecified atom stereocenters. The van der Waals surface area contributed by atoms with Crippen molar-refractivity contribution in [2.75, 3.05) is 39.5 Å². The monoisotopic (exact) mass is 338 g/mol. The van der Waals surface area contributed by atoms with Crippen molar-refractivity contribution in [2.24, 2.45) is 11.8 Å². The van der Waals surface area contributed by atoms with Crippen LogP contribution in [0, 0.1) is 11.8 Å². The molecule has 6 nitrogen and oxygen atoms in total. The van der Waals surface area contributed by atoms with E-state index < -0.39 is 0 Å². The van der Waals surface area contributed by atoms with Gasteiger partial charge in [-0.15, -0.1) is 0 Å². The molecule has 3 aliphatic rings. The van der Waals surface area contributed by atoms with Crippen LogP contribution in [0.2, 0.25) is 0 Å². The van der Waals surface area contributed by atoms with Gasteiger partial charge in [0.25, 0.3) is 0 Å². The first kappa shape index (κ1) is 17.7. The Hall–Kier alpha value is -1.14. The van der Waals surface area contributed by atoms with Crippen molar-refractivity contribution in [2.45, 2.75) is 51.6 Å². The molecule has 0 N–H and O–H groups in total. The Kier molecular flexibility index (Phi) is 5.76. The Morgan fingerprint density at radius 2 is 1.29 bits per heavy atom. The molecular weight excluding hydrogens is 308 g/mol. The second kappa shape index (κ2) is 7.83. The van der Waals surface area contributed by atoms with Crippen LogP contribution in [0.25, 0.3) is 0 Å². The molecule has 0 spiro atoms. The molecule has 6 heteroatoms. The van der Waals surface area contributed by atoms with E-state index in [0.29, 0.717) is 45.9 Å². The van der Waals surface area contributed by atoms with Gasteiger partial charge >= 0.3 is 0 Å².